The summed E-state index contributed by atoms with van der Waals surface area (Å²) >= 11 is 0. The Kier molecular flexibility index (Phi) is 8.61. The number of nitrogens with one attached hydrogen (secondary N) is 4. The van der Waals surface area contributed by atoms with Gasteiger partial charge in [0.05, 0.1) is 16.9 Å². The van der Waals surface area contributed by atoms with Crippen molar-refractivity contribution in [3.8, 4) is 11.4 Å². The van der Waals surface area contributed by atoms with Crippen molar-refractivity contribution in [1.82, 2.24) is 20.0 Å². The Bertz CT molecular complexity index is 1430. The van der Waals surface area contributed by atoms with Crippen LogP contribution in [-0.2, 0) is 4.79 Å². The molecule has 1 aromatic heterocycles. The summed E-state index contributed by atoms with van der Waals surface area (Å²) in [5.74, 6) is -1.41. The van der Waals surface area contributed by atoms with Gasteiger partial charge >= 0.3 is 0 Å². The molecule has 2 aromatic carbocycles. The summed E-state index contributed by atoms with van der Waals surface area (Å²) in [7, 11) is 3.10. The maximum absolute atomic E-state index is 13.7. The molecule has 1 atom stereocenters. The van der Waals surface area contributed by atoms with Gasteiger partial charge in [-0.2, -0.15) is 0 Å². The smallest absolute Gasteiger partial charge is 0.295 e. The number of nitrogens with zero attached hydrogens (tertiary/aromatic N) is 2. The SMILES string of the molecule is CC(C)NC(=O)[C@H](Nc1c(Nc2cccc(C(=O)N(C)C)c2O)c(=O)n(-c2ccccc2)[nH]c1=O)C(C)C. The molecule has 0 unspecified atom stereocenters. The molecular formula is C27H34N6O5. The normalized spacial score (nSPS) is 11.8. The second-order valence-electron chi connectivity index (χ2n) is 9.72. The number of H-pyrrole nitrogens is 1. The second kappa shape index (κ2) is 11.7. The first-order valence-corrected chi connectivity index (χ1v) is 12.2. The first-order chi connectivity index (χ1) is 17.9. The third-order valence-electron chi connectivity index (χ3n) is 5.73. The zero-order valence-corrected chi connectivity index (χ0v) is 22.3. The predicted molar refractivity (Wildman–Crippen MR) is 148 cm³/mol. The van der Waals surface area contributed by atoms with Crippen LogP contribution in [-0.4, -0.2) is 57.8 Å². The Morgan fingerprint density at radius 2 is 1.61 bits per heavy atom. The molecule has 0 aliphatic rings. The number of amides is 2. The van der Waals surface area contributed by atoms with Crippen LogP contribution in [0.1, 0.15) is 38.1 Å². The highest BCUT2D eigenvalue weighted by molar-refractivity contribution is 5.99. The molecule has 0 saturated carbocycles. The molecule has 0 saturated heterocycles. The van der Waals surface area contributed by atoms with Gasteiger partial charge in [0.15, 0.2) is 5.75 Å². The minimum Gasteiger partial charge on any atom is -0.505 e. The standard InChI is InChI=1S/C27H34N6O5/c1-15(2)20(24(35)28-16(3)4)30-21-22(27(38)33(31-25(21)36)17-11-8-7-9-12-17)29-19-14-10-13-18(23(19)34)26(37)32(5)6/h7-16,20,29-30,34H,1-6H3,(H,28,35)(H,31,36)/t20-/m1/s1. The van der Waals surface area contributed by atoms with Gasteiger partial charge in [0.2, 0.25) is 5.91 Å². The Balaban J connectivity index is 2.21. The lowest BCUT2D eigenvalue weighted by atomic mass is 10.0. The fourth-order valence-electron chi connectivity index (χ4n) is 3.81. The van der Waals surface area contributed by atoms with Crippen LogP contribution in [0.25, 0.3) is 5.69 Å². The Morgan fingerprint density at radius 3 is 2.18 bits per heavy atom. The summed E-state index contributed by atoms with van der Waals surface area (Å²) in [6.07, 6.45) is 0. The van der Waals surface area contributed by atoms with E-state index < -0.39 is 23.1 Å². The molecule has 5 N–H and O–H groups in total. The molecule has 0 aliphatic heterocycles. The Morgan fingerprint density at radius 1 is 0.947 bits per heavy atom. The number of aromatic nitrogens is 2. The monoisotopic (exact) mass is 522 g/mol. The molecule has 11 heteroatoms. The number of phenolic OH excluding ortho intramolecular Hbond substituents is 1. The van der Waals surface area contributed by atoms with Gasteiger partial charge in [-0.3, -0.25) is 24.3 Å². The number of aromatic hydroxyl groups is 1. The highest BCUT2D eigenvalue weighted by Gasteiger charge is 2.27. The number of carbonyl (C=O) groups excluding carboxylic acids is 2. The average Bonchev–Trinajstić information content (AvgIpc) is 2.86. The van der Waals surface area contributed by atoms with Gasteiger partial charge in [-0.1, -0.05) is 38.1 Å². The van der Waals surface area contributed by atoms with Gasteiger partial charge in [0.25, 0.3) is 17.0 Å². The minimum absolute atomic E-state index is 0.0131. The van der Waals surface area contributed by atoms with Crippen molar-refractivity contribution in [2.75, 3.05) is 24.7 Å². The van der Waals surface area contributed by atoms with Crippen molar-refractivity contribution >= 4 is 28.9 Å². The summed E-state index contributed by atoms with van der Waals surface area (Å²) in [6.45, 7) is 7.26. The van der Waals surface area contributed by atoms with Crippen LogP contribution in [0.3, 0.4) is 0 Å². The van der Waals surface area contributed by atoms with E-state index in [2.05, 4.69) is 21.0 Å². The van der Waals surface area contributed by atoms with Gasteiger partial charge in [0, 0.05) is 20.1 Å². The van der Waals surface area contributed by atoms with E-state index in [1.165, 1.54) is 17.0 Å². The molecule has 38 heavy (non-hydrogen) atoms. The quantitative estimate of drug-likeness (QED) is 0.271. The van der Waals surface area contributed by atoms with Gasteiger partial charge in [-0.05, 0) is 44.0 Å². The average molecular weight is 523 g/mol. The van der Waals surface area contributed by atoms with E-state index in [-0.39, 0.29) is 46.2 Å². The Hall–Kier alpha value is -4.54. The van der Waals surface area contributed by atoms with Gasteiger partial charge < -0.3 is 26.0 Å². The van der Waals surface area contributed by atoms with Gasteiger partial charge in [0.1, 0.15) is 17.4 Å². The number of para-hydroxylation sites is 2. The fraction of sp³-hybridized carbons (Fsp3) is 0.333. The number of hydrogen-bond acceptors (Lipinski definition) is 7. The molecule has 11 nitrogen and oxygen atoms in total. The second-order valence-corrected chi connectivity index (χ2v) is 9.72. The largest absolute Gasteiger partial charge is 0.505 e. The lowest BCUT2D eigenvalue weighted by Crippen LogP contribution is -2.47. The molecule has 0 spiro atoms. The van der Waals surface area contributed by atoms with Crippen LogP contribution in [0.15, 0.2) is 58.1 Å². The van der Waals surface area contributed by atoms with Crippen molar-refractivity contribution in [3.63, 3.8) is 0 Å². The van der Waals surface area contributed by atoms with Crippen LogP contribution < -0.4 is 27.1 Å². The predicted octanol–water partition coefficient (Wildman–Crippen LogP) is 2.64. The summed E-state index contributed by atoms with van der Waals surface area (Å²) < 4.78 is 1.07. The van der Waals surface area contributed by atoms with Crippen LogP contribution in [0.2, 0.25) is 0 Å². The summed E-state index contributed by atoms with van der Waals surface area (Å²) in [5, 5.41) is 22.1. The maximum atomic E-state index is 13.7. The van der Waals surface area contributed by atoms with E-state index in [4.69, 9.17) is 0 Å². The summed E-state index contributed by atoms with van der Waals surface area (Å²) in [5.41, 5.74) is -1.24. The number of anilines is 3. The number of carbonyl (C=O) groups is 2. The van der Waals surface area contributed by atoms with Crippen LogP contribution in [0.5, 0.6) is 5.75 Å². The summed E-state index contributed by atoms with van der Waals surface area (Å²) in [6, 6.07) is 12.0. The molecule has 0 fully saturated rings. The topological polar surface area (TPSA) is 149 Å². The van der Waals surface area contributed by atoms with E-state index in [1.54, 1.807) is 50.5 Å². The highest BCUT2D eigenvalue weighted by atomic mass is 16.3. The zero-order valence-electron chi connectivity index (χ0n) is 22.3. The van der Waals surface area contributed by atoms with Crippen LogP contribution >= 0.6 is 0 Å². The number of phenols is 1. The minimum atomic E-state index is -0.846. The molecule has 0 bridgehead atoms. The molecule has 3 aromatic rings. The van der Waals surface area contributed by atoms with E-state index in [1.807, 2.05) is 27.7 Å². The first-order valence-electron chi connectivity index (χ1n) is 12.2. The highest BCUT2D eigenvalue weighted by Crippen LogP contribution is 2.31. The Labute approximate surface area is 220 Å². The zero-order chi connectivity index (χ0) is 28.1. The van der Waals surface area contributed by atoms with Crippen molar-refractivity contribution in [2.24, 2.45) is 5.92 Å². The van der Waals surface area contributed by atoms with Gasteiger partial charge in [-0.25, -0.2) is 4.68 Å². The third-order valence-corrected chi connectivity index (χ3v) is 5.73. The number of hydrogen-bond donors (Lipinski definition) is 5. The van der Waals surface area contributed by atoms with Crippen molar-refractivity contribution in [3.05, 3.63) is 74.8 Å². The molecule has 3 rings (SSSR count). The number of aromatic amines is 1. The van der Waals surface area contributed by atoms with E-state index in [0.717, 1.165) is 4.68 Å². The molecule has 202 valence electrons. The van der Waals surface area contributed by atoms with E-state index in [9.17, 15) is 24.3 Å². The van der Waals surface area contributed by atoms with Crippen molar-refractivity contribution in [1.29, 1.82) is 0 Å². The van der Waals surface area contributed by atoms with Crippen molar-refractivity contribution in [2.45, 2.75) is 39.8 Å². The van der Waals surface area contributed by atoms with Gasteiger partial charge in [-0.15, -0.1) is 0 Å². The molecule has 0 radical (unpaired) electrons. The molecule has 2 amide bonds. The fourth-order valence-corrected chi connectivity index (χ4v) is 3.81. The van der Waals surface area contributed by atoms with E-state index >= 15 is 0 Å². The lowest BCUT2D eigenvalue weighted by molar-refractivity contribution is -0.123. The summed E-state index contributed by atoms with van der Waals surface area (Å²) in [4.78, 5) is 53.8. The van der Waals surface area contributed by atoms with Crippen LogP contribution in [0.4, 0.5) is 17.1 Å². The van der Waals surface area contributed by atoms with Crippen LogP contribution in [0, 0.1) is 5.92 Å². The molecule has 1 heterocycles. The maximum Gasteiger partial charge on any atom is 0.295 e. The molecule has 0 aliphatic carbocycles. The van der Waals surface area contributed by atoms with E-state index in [0.29, 0.717) is 5.69 Å². The van der Waals surface area contributed by atoms with Crippen molar-refractivity contribution < 1.29 is 14.7 Å². The third kappa shape index (κ3) is 6.05. The first kappa shape index (κ1) is 28.0. The molecular weight excluding hydrogens is 488 g/mol. The lowest BCUT2D eigenvalue weighted by Gasteiger charge is -2.25. The number of benzene rings is 2. The number of rotatable bonds is 9.